The van der Waals surface area contributed by atoms with Crippen LogP contribution in [0.5, 0.6) is 0 Å². The van der Waals surface area contributed by atoms with Gasteiger partial charge in [0.05, 0.1) is 17.2 Å². The largest absolute Gasteiger partial charge is 0.417 e. The van der Waals surface area contributed by atoms with E-state index >= 15 is 0 Å². The number of hydrogen-bond donors (Lipinski definition) is 1. The molecule has 0 amide bonds. The quantitative estimate of drug-likeness (QED) is 0.728. The maximum Gasteiger partial charge on any atom is 0.417 e. The minimum atomic E-state index is -4.44. The lowest BCUT2D eigenvalue weighted by Gasteiger charge is -2.12. The molecule has 0 spiro atoms. The van der Waals surface area contributed by atoms with Crippen molar-refractivity contribution in [1.29, 1.82) is 0 Å². The minimum absolute atomic E-state index is 0.295. The second kappa shape index (κ2) is 7.74. The summed E-state index contributed by atoms with van der Waals surface area (Å²) in [7, 11) is 0. The van der Waals surface area contributed by atoms with Crippen LogP contribution in [-0.4, -0.2) is 19.8 Å². The molecule has 0 aliphatic rings. The van der Waals surface area contributed by atoms with E-state index < -0.39 is 11.7 Å². The molecule has 0 aromatic heterocycles. The maximum absolute atomic E-state index is 12.7. The molecule has 2 nitrogen and oxygen atoms in total. The first-order chi connectivity index (χ1) is 9.30. The van der Waals surface area contributed by atoms with Crippen LogP contribution in [0.2, 0.25) is 5.02 Å². The van der Waals surface area contributed by atoms with E-state index in [1.807, 2.05) is 0 Å². The Labute approximate surface area is 122 Å². The Morgan fingerprint density at radius 2 is 1.95 bits per heavy atom. The van der Waals surface area contributed by atoms with Crippen LogP contribution in [0.15, 0.2) is 18.2 Å². The number of benzene rings is 1. The minimum Gasteiger partial charge on any atom is -0.383 e. The van der Waals surface area contributed by atoms with Crippen molar-refractivity contribution >= 4 is 17.3 Å². The molecule has 0 saturated heterocycles. The molecule has 0 unspecified atom stereocenters. The molecule has 0 bridgehead atoms. The van der Waals surface area contributed by atoms with E-state index in [0.717, 1.165) is 12.5 Å². The zero-order valence-corrected chi connectivity index (χ0v) is 12.3. The molecule has 114 valence electrons. The zero-order valence-electron chi connectivity index (χ0n) is 11.6. The van der Waals surface area contributed by atoms with Gasteiger partial charge in [0.1, 0.15) is 0 Å². The number of rotatable bonds is 7. The van der Waals surface area contributed by atoms with Crippen molar-refractivity contribution in [3.8, 4) is 0 Å². The first-order valence-electron chi connectivity index (χ1n) is 6.49. The van der Waals surface area contributed by atoms with Crippen LogP contribution in [-0.2, 0) is 10.9 Å². The Hall–Kier alpha value is -0.940. The van der Waals surface area contributed by atoms with Crippen molar-refractivity contribution in [1.82, 2.24) is 0 Å². The van der Waals surface area contributed by atoms with Crippen LogP contribution in [0.1, 0.15) is 25.8 Å². The lowest BCUT2D eigenvalue weighted by molar-refractivity contribution is -0.137. The van der Waals surface area contributed by atoms with Gasteiger partial charge in [0.25, 0.3) is 0 Å². The highest BCUT2D eigenvalue weighted by Gasteiger charge is 2.33. The van der Waals surface area contributed by atoms with Gasteiger partial charge in [0.15, 0.2) is 0 Å². The molecule has 6 heteroatoms. The van der Waals surface area contributed by atoms with E-state index in [4.69, 9.17) is 16.3 Å². The topological polar surface area (TPSA) is 21.3 Å². The van der Waals surface area contributed by atoms with Gasteiger partial charge >= 0.3 is 6.18 Å². The normalized spacial score (nSPS) is 11.9. The molecule has 0 radical (unpaired) electrons. The summed E-state index contributed by atoms with van der Waals surface area (Å²) >= 11 is 5.54. The summed E-state index contributed by atoms with van der Waals surface area (Å²) in [6.07, 6.45) is -3.47. The van der Waals surface area contributed by atoms with Crippen LogP contribution in [0.3, 0.4) is 0 Å². The number of hydrogen-bond acceptors (Lipinski definition) is 2. The van der Waals surface area contributed by atoms with Crippen molar-refractivity contribution in [3.05, 3.63) is 28.8 Å². The van der Waals surface area contributed by atoms with Crippen LogP contribution >= 0.6 is 11.6 Å². The average molecular weight is 310 g/mol. The molecule has 1 N–H and O–H groups in total. The monoisotopic (exact) mass is 309 g/mol. The molecule has 0 heterocycles. The molecule has 1 rings (SSSR count). The fourth-order valence-electron chi connectivity index (χ4n) is 1.54. The smallest absolute Gasteiger partial charge is 0.383 e. The highest BCUT2D eigenvalue weighted by Crippen LogP contribution is 2.36. The Bertz CT molecular complexity index is 421. The number of nitrogens with one attached hydrogen (secondary N) is 1. The lowest BCUT2D eigenvalue weighted by atomic mass is 10.1. The van der Waals surface area contributed by atoms with Gasteiger partial charge in [-0.2, -0.15) is 13.2 Å². The van der Waals surface area contributed by atoms with Crippen molar-refractivity contribution in [2.24, 2.45) is 5.92 Å². The lowest BCUT2D eigenvalue weighted by Crippen LogP contribution is -2.12. The molecule has 1 aromatic carbocycles. The van der Waals surface area contributed by atoms with Gasteiger partial charge in [0.2, 0.25) is 0 Å². The summed E-state index contributed by atoms with van der Waals surface area (Å²) < 4.78 is 43.3. The van der Waals surface area contributed by atoms with E-state index in [9.17, 15) is 13.2 Å². The molecule has 1 aromatic rings. The summed E-state index contributed by atoms with van der Waals surface area (Å²) in [5.74, 6) is 0.577. The predicted molar refractivity (Wildman–Crippen MR) is 75.2 cm³/mol. The standard InChI is InChI=1S/C14H19ClF3NO/c1-10(2)5-7-20-8-6-19-11-3-4-13(15)12(9-11)14(16,17)18/h3-4,9-10,19H,5-8H2,1-2H3. The summed E-state index contributed by atoms with van der Waals surface area (Å²) in [5, 5.41) is 2.59. The van der Waals surface area contributed by atoms with E-state index in [1.54, 1.807) is 0 Å². The molecule has 20 heavy (non-hydrogen) atoms. The Morgan fingerprint density at radius 3 is 2.55 bits per heavy atom. The molecule has 0 fully saturated rings. The highest BCUT2D eigenvalue weighted by molar-refractivity contribution is 6.31. The second-order valence-corrected chi connectivity index (χ2v) is 5.32. The third-order valence-corrected chi connectivity index (χ3v) is 3.02. The van der Waals surface area contributed by atoms with E-state index in [0.29, 0.717) is 31.4 Å². The summed E-state index contributed by atoms with van der Waals surface area (Å²) in [5.41, 5.74) is -0.445. The fourth-order valence-corrected chi connectivity index (χ4v) is 1.77. The van der Waals surface area contributed by atoms with Gasteiger partial charge in [-0.3, -0.25) is 0 Å². The maximum atomic E-state index is 12.7. The van der Waals surface area contributed by atoms with Crippen molar-refractivity contribution in [3.63, 3.8) is 0 Å². The van der Waals surface area contributed by atoms with E-state index in [1.165, 1.54) is 12.1 Å². The Kier molecular flexibility index (Phi) is 6.62. The van der Waals surface area contributed by atoms with Crippen LogP contribution in [0.4, 0.5) is 18.9 Å². The summed E-state index contributed by atoms with van der Waals surface area (Å²) in [4.78, 5) is 0. The van der Waals surface area contributed by atoms with Crippen LogP contribution in [0.25, 0.3) is 0 Å². The third kappa shape index (κ3) is 6.01. The van der Waals surface area contributed by atoms with Crippen molar-refractivity contribution in [2.45, 2.75) is 26.4 Å². The number of ether oxygens (including phenoxy) is 1. The van der Waals surface area contributed by atoms with Gasteiger partial charge in [-0.25, -0.2) is 0 Å². The molecule has 0 saturated carbocycles. The van der Waals surface area contributed by atoms with Gasteiger partial charge in [-0.05, 0) is 30.5 Å². The third-order valence-electron chi connectivity index (χ3n) is 2.69. The highest BCUT2D eigenvalue weighted by atomic mass is 35.5. The predicted octanol–water partition coefficient (Wildman–Crippen LogP) is 4.83. The van der Waals surface area contributed by atoms with E-state index in [-0.39, 0.29) is 5.02 Å². The van der Waals surface area contributed by atoms with Gasteiger partial charge in [-0.15, -0.1) is 0 Å². The first-order valence-corrected chi connectivity index (χ1v) is 6.87. The fraction of sp³-hybridized carbons (Fsp3) is 0.571. The number of halogens is 4. The van der Waals surface area contributed by atoms with Gasteiger partial charge in [-0.1, -0.05) is 25.4 Å². The molecule has 0 aliphatic carbocycles. The molecular formula is C14H19ClF3NO. The Morgan fingerprint density at radius 1 is 1.25 bits per heavy atom. The first kappa shape index (κ1) is 17.1. The molecular weight excluding hydrogens is 291 g/mol. The number of alkyl halides is 3. The summed E-state index contributed by atoms with van der Waals surface area (Å²) in [6.45, 7) is 5.78. The molecule has 0 atom stereocenters. The van der Waals surface area contributed by atoms with Crippen LogP contribution in [0, 0.1) is 5.92 Å². The van der Waals surface area contributed by atoms with E-state index in [2.05, 4.69) is 19.2 Å². The SMILES string of the molecule is CC(C)CCOCCNc1ccc(Cl)c(C(F)(F)F)c1. The van der Waals surface area contributed by atoms with Crippen molar-refractivity contribution in [2.75, 3.05) is 25.1 Å². The summed E-state index contributed by atoms with van der Waals surface area (Å²) in [6, 6.07) is 3.77. The van der Waals surface area contributed by atoms with Gasteiger partial charge < -0.3 is 10.1 Å². The number of anilines is 1. The van der Waals surface area contributed by atoms with Crippen molar-refractivity contribution < 1.29 is 17.9 Å². The molecule has 0 aliphatic heterocycles. The van der Waals surface area contributed by atoms with Crippen LogP contribution < -0.4 is 5.32 Å². The Balaban J connectivity index is 2.41. The average Bonchev–Trinajstić information content (AvgIpc) is 2.33. The zero-order chi connectivity index (χ0) is 15.2. The second-order valence-electron chi connectivity index (χ2n) is 4.91. The van der Waals surface area contributed by atoms with Gasteiger partial charge in [0, 0.05) is 18.8 Å².